The second-order valence-electron chi connectivity index (χ2n) is 6.76. The molecule has 4 rings (SSSR count). The minimum atomic E-state index is -1.05. The molecule has 2 N–H and O–H groups in total. The predicted molar refractivity (Wildman–Crippen MR) is 114 cm³/mol. The minimum Gasteiger partial charge on any atom is -0.497 e. The SMILES string of the molecule is COc1ccc(CN(Cc2[nH]c(=O)c3sc(Br)c4c3c2CCCO4)C(=O)O)cc1. The highest BCUT2D eigenvalue weighted by molar-refractivity contribution is 9.11. The van der Waals surface area contributed by atoms with Crippen LogP contribution in [0.3, 0.4) is 0 Å². The first-order valence-electron chi connectivity index (χ1n) is 9.07. The molecule has 3 heterocycles. The third-order valence-electron chi connectivity index (χ3n) is 4.93. The molecule has 0 radical (unpaired) electrons. The molecule has 0 bridgehead atoms. The molecule has 3 aromatic rings. The first-order valence-corrected chi connectivity index (χ1v) is 10.7. The lowest BCUT2D eigenvalue weighted by Crippen LogP contribution is -2.30. The van der Waals surface area contributed by atoms with Crippen molar-refractivity contribution in [2.75, 3.05) is 13.7 Å². The molecule has 0 fully saturated rings. The number of carboxylic acid groups (broad SMARTS) is 1. The van der Waals surface area contributed by atoms with Crippen molar-refractivity contribution in [3.8, 4) is 11.5 Å². The van der Waals surface area contributed by atoms with Gasteiger partial charge in [0.1, 0.15) is 14.2 Å². The first-order chi connectivity index (χ1) is 14.0. The minimum absolute atomic E-state index is 0.0920. The lowest BCUT2D eigenvalue weighted by Gasteiger charge is -2.21. The molecular weight excluding hydrogens is 460 g/mol. The number of rotatable bonds is 5. The summed E-state index contributed by atoms with van der Waals surface area (Å²) in [5, 5.41) is 10.5. The summed E-state index contributed by atoms with van der Waals surface area (Å²) in [6, 6.07) is 7.25. The summed E-state index contributed by atoms with van der Waals surface area (Å²) in [6.45, 7) is 0.853. The molecule has 152 valence electrons. The van der Waals surface area contributed by atoms with E-state index in [1.807, 2.05) is 12.1 Å². The summed E-state index contributed by atoms with van der Waals surface area (Å²) in [5.74, 6) is 1.39. The number of methoxy groups -OCH3 is 1. The number of aromatic amines is 1. The highest BCUT2D eigenvalue weighted by Crippen LogP contribution is 2.44. The third-order valence-corrected chi connectivity index (χ3v) is 6.73. The zero-order valence-corrected chi connectivity index (χ0v) is 18.1. The van der Waals surface area contributed by atoms with Crippen LogP contribution in [0.4, 0.5) is 4.79 Å². The molecule has 0 unspecified atom stereocenters. The molecule has 0 spiro atoms. The number of thiophene rings is 1. The van der Waals surface area contributed by atoms with E-state index in [1.54, 1.807) is 19.2 Å². The van der Waals surface area contributed by atoms with Gasteiger partial charge in [0.15, 0.2) is 5.75 Å². The number of nitrogens with zero attached hydrogens (tertiary/aromatic N) is 1. The second-order valence-corrected chi connectivity index (χ2v) is 9.10. The third kappa shape index (κ3) is 3.84. The van der Waals surface area contributed by atoms with E-state index in [1.165, 1.54) is 16.2 Å². The van der Waals surface area contributed by atoms with Crippen molar-refractivity contribution in [1.29, 1.82) is 0 Å². The number of carbonyl (C=O) groups is 1. The van der Waals surface area contributed by atoms with Crippen molar-refractivity contribution in [3.63, 3.8) is 0 Å². The average Bonchev–Trinajstić information content (AvgIpc) is 2.89. The summed E-state index contributed by atoms with van der Waals surface area (Å²) in [6.07, 6.45) is 0.464. The number of aromatic nitrogens is 1. The van der Waals surface area contributed by atoms with Crippen molar-refractivity contribution in [2.45, 2.75) is 25.9 Å². The van der Waals surface area contributed by atoms with Crippen molar-refractivity contribution >= 4 is 43.4 Å². The summed E-state index contributed by atoms with van der Waals surface area (Å²) >= 11 is 4.83. The van der Waals surface area contributed by atoms with Gasteiger partial charge in [-0.25, -0.2) is 4.79 Å². The molecule has 0 aliphatic carbocycles. The Balaban J connectivity index is 1.71. The summed E-state index contributed by atoms with van der Waals surface area (Å²) in [5.41, 5.74) is 2.19. The number of hydrogen-bond donors (Lipinski definition) is 2. The van der Waals surface area contributed by atoms with Gasteiger partial charge in [-0.2, -0.15) is 0 Å². The number of aryl methyl sites for hydroxylation is 1. The molecule has 1 aromatic carbocycles. The zero-order valence-electron chi connectivity index (χ0n) is 15.7. The van der Waals surface area contributed by atoms with Gasteiger partial charge in [0.25, 0.3) is 5.56 Å². The van der Waals surface area contributed by atoms with E-state index in [2.05, 4.69) is 20.9 Å². The van der Waals surface area contributed by atoms with E-state index in [0.29, 0.717) is 28.5 Å². The van der Waals surface area contributed by atoms with Crippen LogP contribution in [0.2, 0.25) is 0 Å². The summed E-state index contributed by atoms with van der Waals surface area (Å²) in [4.78, 5) is 28.8. The Labute approximate surface area is 179 Å². The number of pyridine rings is 1. The van der Waals surface area contributed by atoms with Gasteiger partial charge in [0, 0.05) is 17.6 Å². The maximum absolute atomic E-state index is 12.6. The molecule has 9 heteroatoms. The molecule has 2 aromatic heterocycles. The van der Waals surface area contributed by atoms with E-state index >= 15 is 0 Å². The number of halogens is 1. The van der Waals surface area contributed by atoms with Crippen LogP contribution in [0.15, 0.2) is 32.8 Å². The second kappa shape index (κ2) is 8.08. The quantitative estimate of drug-likeness (QED) is 0.567. The van der Waals surface area contributed by atoms with Gasteiger partial charge in [-0.15, -0.1) is 11.3 Å². The number of nitrogens with one attached hydrogen (secondary N) is 1. The molecule has 1 aliphatic rings. The Morgan fingerprint density at radius 3 is 2.79 bits per heavy atom. The molecule has 29 heavy (non-hydrogen) atoms. The first kappa shape index (κ1) is 19.8. The van der Waals surface area contributed by atoms with Gasteiger partial charge < -0.3 is 19.6 Å². The molecule has 0 saturated carbocycles. The number of hydrogen-bond acceptors (Lipinski definition) is 5. The largest absolute Gasteiger partial charge is 0.497 e. The van der Waals surface area contributed by atoms with Gasteiger partial charge in [-0.1, -0.05) is 12.1 Å². The van der Waals surface area contributed by atoms with Crippen LogP contribution in [-0.4, -0.2) is 34.8 Å². The Morgan fingerprint density at radius 2 is 2.10 bits per heavy atom. The standard InChI is InChI=1S/C20H19BrN2O5S/c1-27-12-6-4-11(5-7-12)9-23(20(25)26)10-14-13-3-2-8-28-16-15(13)17(19(24)22-14)29-18(16)21/h4-7H,2-3,8-10H2,1H3,(H,22,24)(H,25,26). The Bertz CT molecular complexity index is 1120. The van der Waals surface area contributed by atoms with Crippen LogP contribution in [0.5, 0.6) is 11.5 Å². The number of amides is 1. The van der Waals surface area contributed by atoms with E-state index in [-0.39, 0.29) is 18.6 Å². The molecular formula is C20H19BrN2O5S. The van der Waals surface area contributed by atoms with E-state index < -0.39 is 6.09 Å². The maximum atomic E-state index is 12.6. The predicted octanol–water partition coefficient (Wildman–Crippen LogP) is 4.37. The monoisotopic (exact) mass is 478 g/mol. The molecule has 7 nitrogen and oxygen atoms in total. The fraction of sp³-hybridized carbons (Fsp3) is 0.300. The lowest BCUT2D eigenvalue weighted by molar-refractivity contribution is 0.138. The normalized spacial score (nSPS) is 13.0. The van der Waals surface area contributed by atoms with Crippen molar-refractivity contribution in [1.82, 2.24) is 9.88 Å². The Morgan fingerprint density at radius 1 is 1.34 bits per heavy atom. The average molecular weight is 479 g/mol. The fourth-order valence-electron chi connectivity index (χ4n) is 3.54. The van der Waals surface area contributed by atoms with Crippen LogP contribution in [-0.2, 0) is 19.5 Å². The zero-order chi connectivity index (χ0) is 20.5. The fourth-order valence-corrected chi connectivity index (χ4v) is 5.23. The molecule has 0 atom stereocenters. The topological polar surface area (TPSA) is 91.9 Å². The van der Waals surface area contributed by atoms with Crippen LogP contribution in [0.25, 0.3) is 10.1 Å². The Kier molecular flexibility index (Phi) is 5.51. The van der Waals surface area contributed by atoms with Crippen molar-refractivity contribution < 1.29 is 19.4 Å². The maximum Gasteiger partial charge on any atom is 0.407 e. The Hall–Kier alpha value is -2.52. The van der Waals surface area contributed by atoms with Crippen molar-refractivity contribution in [2.24, 2.45) is 0 Å². The van der Waals surface area contributed by atoms with E-state index in [0.717, 1.165) is 33.1 Å². The lowest BCUT2D eigenvalue weighted by atomic mass is 10.0. The van der Waals surface area contributed by atoms with Gasteiger partial charge in [-0.05, 0) is 52.0 Å². The van der Waals surface area contributed by atoms with Crippen LogP contribution in [0.1, 0.15) is 23.2 Å². The summed E-state index contributed by atoms with van der Waals surface area (Å²) < 4.78 is 12.4. The highest BCUT2D eigenvalue weighted by Gasteiger charge is 2.25. The van der Waals surface area contributed by atoms with Gasteiger partial charge in [0.2, 0.25) is 0 Å². The van der Waals surface area contributed by atoms with Crippen molar-refractivity contribution in [3.05, 3.63) is 55.2 Å². The smallest absolute Gasteiger partial charge is 0.407 e. The van der Waals surface area contributed by atoms with Gasteiger partial charge >= 0.3 is 6.09 Å². The van der Waals surface area contributed by atoms with E-state index in [4.69, 9.17) is 9.47 Å². The number of benzene rings is 1. The molecule has 0 saturated heterocycles. The molecule has 1 amide bonds. The van der Waals surface area contributed by atoms with Crippen LogP contribution in [0, 0.1) is 0 Å². The van der Waals surface area contributed by atoms with Gasteiger partial charge in [0.05, 0.1) is 20.3 Å². The van der Waals surface area contributed by atoms with Crippen LogP contribution < -0.4 is 15.0 Å². The summed E-state index contributed by atoms with van der Waals surface area (Å²) in [7, 11) is 1.58. The number of H-pyrrole nitrogens is 1. The van der Waals surface area contributed by atoms with Gasteiger partial charge in [-0.3, -0.25) is 9.69 Å². The number of ether oxygens (including phenoxy) is 2. The van der Waals surface area contributed by atoms with E-state index in [9.17, 15) is 14.7 Å². The highest BCUT2D eigenvalue weighted by atomic mass is 79.9. The molecule has 1 aliphatic heterocycles. The van der Waals surface area contributed by atoms with Crippen LogP contribution >= 0.6 is 27.3 Å².